The van der Waals surface area contributed by atoms with E-state index in [9.17, 15) is 18.0 Å². The Bertz CT molecular complexity index is 787. The lowest BCUT2D eigenvalue weighted by molar-refractivity contribution is -0.159. The maximum atomic E-state index is 12.5. The Labute approximate surface area is 153 Å². The van der Waals surface area contributed by atoms with Crippen molar-refractivity contribution in [3.8, 4) is 11.4 Å². The maximum absolute atomic E-state index is 12.5. The van der Waals surface area contributed by atoms with Gasteiger partial charge in [-0.1, -0.05) is 29.4 Å². The minimum Gasteiger partial charge on any atom is -0.329 e. The lowest BCUT2D eigenvalue weighted by Crippen LogP contribution is -2.41. The Morgan fingerprint density at radius 2 is 1.96 bits per heavy atom. The third kappa shape index (κ3) is 4.76. The van der Waals surface area contributed by atoms with E-state index in [4.69, 9.17) is 4.84 Å². The molecule has 0 atom stereocenters. The highest BCUT2D eigenvalue weighted by Gasteiger charge is 2.38. The number of nitrogens with zero attached hydrogens (tertiary/aromatic N) is 4. The zero-order valence-corrected chi connectivity index (χ0v) is 14.9. The molecule has 1 saturated carbocycles. The molecule has 7 nitrogen and oxygen atoms in total. The Morgan fingerprint density at radius 3 is 2.48 bits per heavy atom. The highest BCUT2D eigenvalue weighted by molar-refractivity contribution is 5.73. The van der Waals surface area contributed by atoms with Crippen LogP contribution >= 0.6 is 0 Å². The second-order valence-corrected chi connectivity index (χ2v) is 6.44. The van der Waals surface area contributed by atoms with Crippen LogP contribution in [0.25, 0.3) is 11.4 Å². The normalized spacial score (nSPS) is 14.3. The number of halogens is 3. The Kier molecular flexibility index (Phi) is 5.36. The molecule has 0 bridgehead atoms. The molecule has 0 spiro atoms. The fraction of sp³-hybridized carbons (Fsp3) is 0.471. The lowest BCUT2D eigenvalue weighted by atomic mass is 10.1. The minimum atomic E-state index is -4.68. The number of benzene rings is 1. The Balaban J connectivity index is 1.65. The second kappa shape index (κ2) is 7.55. The van der Waals surface area contributed by atoms with Gasteiger partial charge < -0.3 is 9.42 Å². The van der Waals surface area contributed by atoms with Crippen molar-refractivity contribution in [1.82, 2.24) is 20.1 Å². The third-order valence-corrected chi connectivity index (χ3v) is 4.20. The summed E-state index contributed by atoms with van der Waals surface area (Å²) in [4.78, 5) is 22.6. The summed E-state index contributed by atoms with van der Waals surface area (Å²) < 4.78 is 41.8. The first-order valence-corrected chi connectivity index (χ1v) is 8.35. The summed E-state index contributed by atoms with van der Waals surface area (Å²) in [5.74, 6) is -0.984. The monoisotopic (exact) mass is 384 g/mol. The number of hydroxylamine groups is 2. The van der Waals surface area contributed by atoms with Gasteiger partial charge in [0.15, 0.2) is 0 Å². The van der Waals surface area contributed by atoms with Crippen molar-refractivity contribution >= 4 is 6.03 Å². The molecule has 1 aliphatic carbocycles. The topological polar surface area (TPSA) is 71.7 Å². The number of aromatic nitrogens is 2. The summed E-state index contributed by atoms with van der Waals surface area (Å²) in [5, 5.41) is 4.57. The molecule has 0 aliphatic heterocycles. The summed E-state index contributed by atoms with van der Waals surface area (Å²) in [6.07, 6.45) is -2.41. The fourth-order valence-electron chi connectivity index (χ4n) is 2.55. The van der Waals surface area contributed by atoms with Crippen LogP contribution in [-0.4, -0.2) is 46.8 Å². The number of urea groups is 1. The van der Waals surface area contributed by atoms with Gasteiger partial charge in [0.25, 0.3) is 0 Å². The van der Waals surface area contributed by atoms with Crippen molar-refractivity contribution in [3.05, 3.63) is 35.7 Å². The zero-order chi connectivity index (χ0) is 19.6. The summed E-state index contributed by atoms with van der Waals surface area (Å²) in [7, 11) is 3.14. The zero-order valence-electron chi connectivity index (χ0n) is 14.9. The van der Waals surface area contributed by atoms with Crippen molar-refractivity contribution in [1.29, 1.82) is 0 Å². The van der Waals surface area contributed by atoms with Crippen LogP contribution in [0.4, 0.5) is 18.0 Å². The molecule has 3 rings (SSSR count). The van der Waals surface area contributed by atoms with Gasteiger partial charge in [-0.05, 0) is 24.3 Å². The summed E-state index contributed by atoms with van der Waals surface area (Å²) in [5.41, 5.74) is 1.12. The Hall–Kier alpha value is -2.62. The highest BCUT2D eigenvalue weighted by Crippen LogP contribution is 2.30. The smallest absolute Gasteiger partial charge is 0.329 e. The van der Waals surface area contributed by atoms with E-state index in [0.717, 1.165) is 18.4 Å². The van der Waals surface area contributed by atoms with Crippen LogP contribution in [-0.2, 0) is 17.6 Å². The molecule has 1 fully saturated rings. The fourth-order valence-corrected chi connectivity index (χ4v) is 2.55. The van der Waals surface area contributed by atoms with E-state index in [1.165, 1.54) is 12.2 Å². The SMILES string of the molecule is CON(Cc1ccc(-c2noc(C(F)(F)F)n2)cc1)C(=O)N(C)CC1CC1. The standard InChI is InChI=1S/C17H19F3N4O3/c1-23(9-11-3-4-11)16(25)24(26-2)10-12-5-7-13(8-6-12)14-21-15(27-22-14)17(18,19)20/h5-8,11H,3-4,9-10H2,1-2H3. The van der Waals surface area contributed by atoms with Gasteiger partial charge in [0.2, 0.25) is 5.82 Å². The first kappa shape index (κ1) is 19.2. The summed E-state index contributed by atoms with van der Waals surface area (Å²) in [6.45, 7) is 0.891. The number of rotatable bonds is 6. The highest BCUT2D eigenvalue weighted by atomic mass is 19.4. The maximum Gasteiger partial charge on any atom is 0.471 e. The van der Waals surface area contributed by atoms with E-state index in [-0.39, 0.29) is 18.4 Å². The van der Waals surface area contributed by atoms with Crippen molar-refractivity contribution in [2.24, 2.45) is 5.92 Å². The molecule has 0 radical (unpaired) electrons. The molecular formula is C17H19F3N4O3. The predicted molar refractivity (Wildman–Crippen MR) is 88.0 cm³/mol. The van der Waals surface area contributed by atoms with E-state index < -0.39 is 12.1 Å². The average Bonchev–Trinajstić information content (AvgIpc) is 3.29. The molecule has 0 saturated heterocycles. The molecular weight excluding hydrogens is 365 g/mol. The van der Waals surface area contributed by atoms with Gasteiger partial charge in [0, 0.05) is 19.2 Å². The quantitative estimate of drug-likeness (QED) is 0.712. The molecule has 27 heavy (non-hydrogen) atoms. The Morgan fingerprint density at radius 1 is 1.30 bits per heavy atom. The van der Waals surface area contributed by atoms with E-state index in [2.05, 4.69) is 14.7 Å². The number of carbonyl (C=O) groups is 1. The number of amides is 2. The molecule has 2 aromatic rings. The molecule has 1 aromatic heterocycles. The molecule has 2 amide bonds. The van der Waals surface area contributed by atoms with Gasteiger partial charge in [-0.25, -0.2) is 4.79 Å². The van der Waals surface area contributed by atoms with E-state index in [1.54, 1.807) is 36.2 Å². The molecule has 10 heteroatoms. The molecule has 146 valence electrons. The first-order valence-electron chi connectivity index (χ1n) is 8.35. The molecule has 0 N–H and O–H groups in total. The van der Waals surface area contributed by atoms with Gasteiger partial charge in [0.1, 0.15) is 0 Å². The van der Waals surface area contributed by atoms with E-state index in [0.29, 0.717) is 18.0 Å². The lowest BCUT2D eigenvalue weighted by Gasteiger charge is -2.26. The predicted octanol–water partition coefficient (Wildman–Crippen LogP) is 3.58. The van der Waals surface area contributed by atoms with Crippen LogP contribution in [0.15, 0.2) is 28.8 Å². The van der Waals surface area contributed by atoms with Gasteiger partial charge in [-0.3, -0.25) is 4.84 Å². The molecule has 1 aromatic carbocycles. The minimum absolute atomic E-state index is 0.155. The third-order valence-electron chi connectivity index (χ3n) is 4.20. The number of carbonyl (C=O) groups excluding carboxylic acids is 1. The largest absolute Gasteiger partial charge is 0.471 e. The van der Waals surface area contributed by atoms with Crippen LogP contribution < -0.4 is 0 Å². The second-order valence-electron chi connectivity index (χ2n) is 6.44. The van der Waals surface area contributed by atoms with Crippen molar-refractivity contribution in [3.63, 3.8) is 0 Å². The number of hydrogen-bond donors (Lipinski definition) is 0. The first-order chi connectivity index (χ1) is 12.8. The average molecular weight is 384 g/mol. The molecule has 0 unspecified atom stereocenters. The van der Waals surface area contributed by atoms with Crippen LogP contribution in [0.3, 0.4) is 0 Å². The van der Waals surface area contributed by atoms with E-state index >= 15 is 0 Å². The van der Waals surface area contributed by atoms with Crippen LogP contribution in [0, 0.1) is 5.92 Å². The number of alkyl halides is 3. The summed E-state index contributed by atoms with van der Waals surface area (Å²) in [6, 6.07) is 6.21. The van der Waals surface area contributed by atoms with Crippen LogP contribution in [0.2, 0.25) is 0 Å². The van der Waals surface area contributed by atoms with Crippen molar-refractivity contribution in [2.75, 3.05) is 20.7 Å². The van der Waals surface area contributed by atoms with Crippen molar-refractivity contribution in [2.45, 2.75) is 25.6 Å². The van der Waals surface area contributed by atoms with E-state index in [1.807, 2.05) is 0 Å². The van der Waals surface area contributed by atoms with Crippen LogP contribution in [0.1, 0.15) is 24.3 Å². The van der Waals surface area contributed by atoms with Crippen molar-refractivity contribution < 1.29 is 27.3 Å². The molecule has 1 aliphatic rings. The van der Waals surface area contributed by atoms with Gasteiger partial charge >= 0.3 is 18.1 Å². The number of hydrogen-bond acceptors (Lipinski definition) is 5. The molecule has 1 heterocycles. The summed E-state index contributed by atoms with van der Waals surface area (Å²) >= 11 is 0. The van der Waals surface area contributed by atoms with Gasteiger partial charge in [0.05, 0.1) is 13.7 Å². The van der Waals surface area contributed by atoms with Crippen LogP contribution in [0.5, 0.6) is 0 Å². The van der Waals surface area contributed by atoms with Gasteiger partial charge in [-0.2, -0.15) is 23.2 Å². The van der Waals surface area contributed by atoms with Gasteiger partial charge in [-0.15, -0.1) is 0 Å².